The lowest BCUT2D eigenvalue weighted by molar-refractivity contribution is 0.103. The zero-order valence-electron chi connectivity index (χ0n) is 25.0. The van der Waals surface area contributed by atoms with Crippen molar-refractivity contribution >= 4 is 58.1 Å². The Hall–Kier alpha value is -4.02. The molecule has 43 heavy (non-hydrogen) atoms. The molecule has 0 radical (unpaired) electrons. The van der Waals surface area contributed by atoms with Gasteiger partial charge in [0.25, 0.3) is 0 Å². The third kappa shape index (κ3) is 6.65. The first-order valence-electron chi connectivity index (χ1n) is 14.4. The number of ketones is 1. The molecule has 10 heteroatoms. The van der Waals surface area contributed by atoms with Crippen molar-refractivity contribution in [1.82, 2.24) is 23.7 Å². The number of thiol groups is 1. The summed E-state index contributed by atoms with van der Waals surface area (Å²) < 4.78 is 17.4. The summed E-state index contributed by atoms with van der Waals surface area (Å²) in [5.41, 5.74) is 10.4. The molecule has 0 atom stereocenters. The van der Waals surface area contributed by atoms with E-state index >= 15 is 0 Å². The molecule has 1 fully saturated rings. The third-order valence-electron chi connectivity index (χ3n) is 6.64. The molecule has 224 valence electrons. The van der Waals surface area contributed by atoms with Crippen molar-refractivity contribution in [3.63, 3.8) is 0 Å². The van der Waals surface area contributed by atoms with Gasteiger partial charge < -0.3 is 10.7 Å². The average Bonchev–Trinajstić information content (AvgIpc) is 3.57. The van der Waals surface area contributed by atoms with Crippen LogP contribution in [0.1, 0.15) is 68.3 Å². The smallest absolute Gasteiger partial charge is 0.215 e. The van der Waals surface area contributed by atoms with Crippen LogP contribution in [0, 0.1) is 5.82 Å². The zero-order chi connectivity index (χ0) is 31.1. The van der Waals surface area contributed by atoms with Crippen LogP contribution in [0.4, 0.5) is 10.2 Å². The number of aromatic amines is 1. The highest BCUT2D eigenvalue weighted by atomic mass is 32.2. The maximum atomic E-state index is 14.0. The van der Waals surface area contributed by atoms with Crippen molar-refractivity contribution in [2.75, 3.05) is 12.0 Å². The summed E-state index contributed by atoms with van der Waals surface area (Å²) in [4.78, 5) is 22.8. The van der Waals surface area contributed by atoms with Gasteiger partial charge in [0.2, 0.25) is 5.78 Å². The first-order chi connectivity index (χ1) is 21.0. The highest BCUT2D eigenvalue weighted by molar-refractivity contribution is 7.98. The molecule has 0 aliphatic heterocycles. The summed E-state index contributed by atoms with van der Waals surface area (Å²) in [6.07, 6.45) is 5.51. The number of benzene rings is 3. The van der Waals surface area contributed by atoms with Gasteiger partial charge in [0.15, 0.2) is 0 Å². The third-order valence-corrected chi connectivity index (χ3v) is 7.69. The second kappa shape index (κ2) is 14.4. The Morgan fingerprint density at radius 3 is 2.42 bits per heavy atom. The van der Waals surface area contributed by atoms with Crippen LogP contribution in [0.2, 0.25) is 0 Å². The number of H-pyrrole nitrogens is 1. The molecule has 3 aromatic carbocycles. The van der Waals surface area contributed by atoms with E-state index in [0.717, 1.165) is 45.8 Å². The molecule has 1 aliphatic rings. The number of anilines is 1. The molecule has 7 rings (SSSR count). The molecule has 3 aromatic heterocycles. The van der Waals surface area contributed by atoms with Gasteiger partial charge in [0, 0.05) is 16.2 Å². The molecule has 7 nitrogen and oxygen atoms in total. The number of hydrogen-bond donors (Lipinski definition) is 3. The molecule has 0 unspecified atom stereocenters. The number of rotatable bonds is 6. The molecule has 3 heterocycles. The van der Waals surface area contributed by atoms with E-state index in [1.54, 1.807) is 23.1 Å². The first kappa shape index (κ1) is 31.9. The molecule has 6 aromatic rings. The molecule has 3 N–H and O–H groups in total. The Bertz CT molecular complexity index is 1820. The number of carbonyl (C=O) groups excluding carboxylic acids is 1. The SMILES string of the molecule is CC.CC.CS.Nc1c(C(=O)c2cc3cc(F)ccc3n2Sc2ccccc2)cnn1-c1ccc2nc(C3CC3)[nH]c2c1. The van der Waals surface area contributed by atoms with Crippen LogP contribution in [0.25, 0.3) is 27.6 Å². The van der Waals surface area contributed by atoms with Crippen LogP contribution in [-0.2, 0) is 0 Å². The van der Waals surface area contributed by atoms with Gasteiger partial charge in [-0.15, -0.1) is 0 Å². The summed E-state index contributed by atoms with van der Waals surface area (Å²) in [5.74, 6) is 1.11. The number of halogens is 1. The van der Waals surface area contributed by atoms with Crippen LogP contribution in [-0.4, -0.2) is 35.8 Å². The fourth-order valence-electron chi connectivity index (χ4n) is 4.58. The number of aromatic nitrogens is 5. The number of fused-ring (bicyclic) bond motifs is 2. The largest absolute Gasteiger partial charge is 0.383 e. The molecular weight excluding hydrogens is 580 g/mol. The van der Waals surface area contributed by atoms with Crippen LogP contribution >= 0.6 is 24.6 Å². The highest BCUT2D eigenvalue weighted by Crippen LogP contribution is 2.39. The monoisotopic (exact) mass is 616 g/mol. The van der Waals surface area contributed by atoms with E-state index in [1.165, 1.54) is 30.3 Å². The maximum Gasteiger partial charge on any atom is 0.215 e. The minimum absolute atomic E-state index is 0.235. The summed E-state index contributed by atoms with van der Waals surface area (Å²) in [7, 11) is 0. The molecule has 0 amide bonds. The number of nitrogen functional groups attached to an aromatic ring is 1. The van der Waals surface area contributed by atoms with E-state index in [-0.39, 0.29) is 23.0 Å². The van der Waals surface area contributed by atoms with E-state index < -0.39 is 0 Å². The van der Waals surface area contributed by atoms with Crippen molar-refractivity contribution in [2.45, 2.75) is 51.3 Å². The first-order valence-corrected chi connectivity index (χ1v) is 16.1. The lowest BCUT2D eigenvalue weighted by Crippen LogP contribution is -2.10. The van der Waals surface area contributed by atoms with Crippen molar-refractivity contribution in [3.8, 4) is 5.69 Å². The van der Waals surface area contributed by atoms with E-state index in [2.05, 4.69) is 27.7 Å². The minimum Gasteiger partial charge on any atom is -0.383 e. The number of nitrogens with two attached hydrogens (primary N) is 1. The molecular formula is C33H37FN6OS2. The van der Waals surface area contributed by atoms with Crippen LogP contribution < -0.4 is 5.73 Å². The highest BCUT2D eigenvalue weighted by Gasteiger charge is 2.27. The Balaban J connectivity index is 0.000000666. The van der Waals surface area contributed by atoms with Gasteiger partial charge in [-0.3, -0.25) is 8.77 Å². The Labute approximate surface area is 261 Å². The summed E-state index contributed by atoms with van der Waals surface area (Å²) in [6, 6.07) is 21.7. The minimum atomic E-state index is -0.361. The lowest BCUT2D eigenvalue weighted by Gasteiger charge is -2.09. The predicted octanol–water partition coefficient (Wildman–Crippen LogP) is 8.69. The van der Waals surface area contributed by atoms with Crippen LogP contribution in [0.5, 0.6) is 0 Å². The van der Waals surface area contributed by atoms with E-state index in [9.17, 15) is 9.18 Å². The lowest BCUT2D eigenvalue weighted by atomic mass is 10.1. The predicted molar refractivity (Wildman–Crippen MR) is 180 cm³/mol. The number of nitrogens with one attached hydrogen (secondary N) is 1. The Kier molecular flexibility index (Phi) is 10.7. The van der Waals surface area contributed by atoms with Gasteiger partial charge in [-0.25, -0.2) is 14.1 Å². The normalized spacial score (nSPS) is 12.1. The number of nitrogens with zero attached hydrogens (tertiary/aromatic N) is 4. The average molecular weight is 617 g/mol. The summed E-state index contributed by atoms with van der Waals surface area (Å²) in [6.45, 7) is 8.00. The maximum absolute atomic E-state index is 14.0. The number of carbonyl (C=O) groups is 1. The van der Waals surface area contributed by atoms with Gasteiger partial charge in [-0.1, -0.05) is 45.9 Å². The van der Waals surface area contributed by atoms with Gasteiger partial charge in [-0.05, 0) is 85.6 Å². The molecule has 1 aliphatic carbocycles. The standard InChI is InChI=1S/C28H21FN6OS.2C2H6.CH4S/c29-18-8-11-24-17(12-18)13-25(35(24)37-20-4-2-1-3-5-20)26(36)21-15-31-34(27(21)30)19-9-10-22-23(14-19)33-28(32-22)16-6-7-16;3*1-2/h1-5,8-16H,6-7,30H2,(H,32,33);2*1-2H3;2H,1H3. The van der Waals surface area contributed by atoms with E-state index in [0.29, 0.717) is 17.0 Å². The van der Waals surface area contributed by atoms with Crippen molar-refractivity contribution in [1.29, 1.82) is 0 Å². The van der Waals surface area contributed by atoms with Crippen LogP contribution in [0.15, 0.2) is 83.9 Å². The zero-order valence-corrected chi connectivity index (χ0v) is 26.7. The second-order valence-corrected chi connectivity index (χ2v) is 10.2. The molecule has 0 saturated heterocycles. The summed E-state index contributed by atoms with van der Waals surface area (Å²) in [5, 5.41) is 5.07. The Morgan fingerprint density at radius 2 is 1.72 bits per heavy atom. The van der Waals surface area contributed by atoms with Gasteiger partial charge in [0.05, 0.1) is 34.0 Å². The molecule has 1 saturated carbocycles. The van der Waals surface area contributed by atoms with Crippen molar-refractivity contribution in [3.05, 3.63) is 102 Å². The quantitative estimate of drug-likeness (QED) is 0.129. The van der Waals surface area contributed by atoms with E-state index in [4.69, 9.17) is 5.73 Å². The second-order valence-electron chi connectivity index (χ2n) is 9.21. The number of hydrogen-bond acceptors (Lipinski definition) is 6. The van der Waals surface area contributed by atoms with Crippen LogP contribution in [0.3, 0.4) is 0 Å². The van der Waals surface area contributed by atoms with Crippen molar-refractivity contribution in [2.24, 2.45) is 0 Å². The van der Waals surface area contributed by atoms with Crippen molar-refractivity contribution < 1.29 is 9.18 Å². The molecule has 0 spiro atoms. The van der Waals surface area contributed by atoms with Gasteiger partial charge in [-0.2, -0.15) is 17.7 Å². The van der Waals surface area contributed by atoms with E-state index in [1.807, 2.05) is 80.2 Å². The van der Waals surface area contributed by atoms with Gasteiger partial charge >= 0.3 is 0 Å². The number of imidazole rings is 1. The summed E-state index contributed by atoms with van der Waals surface area (Å²) >= 11 is 4.92. The topological polar surface area (TPSA) is 94.5 Å². The molecule has 0 bridgehead atoms. The van der Waals surface area contributed by atoms with Gasteiger partial charge in [0.1, 0.15) is 23.2 Å². The Morgan fingerprint density at radius 1 is 1.00 bits per heavy atom. The fraction of sp³-hybridized carbons (Fsp3) is 0.242. The fourth-order valence-corrected chi connectivity index (χ4v) is 5.57.